The second kappa shape index (κ2) is 5.12. The lowest BCUT2D eigenvalue weighted by atomic mass is 10.2. The van der Waals surface area contributed by atoms with Gasteiger partial charge in [-0.15, -0.1) is 0 Å². The second-order valence-electron chi connectivity index (χ2n) is 3.88. The number of nitrogens with two attached hydrogens (primary N) is 1. The number of nitrogens with zero attached hydrogens (tertiary/aromatic N) is 1. The lowest BCUT2D eigenvalue weighted by Crippen LogP contribution is -2.37. The van der Waals surface area contributed by atoms with Gasteiger partial charge in [-0.3, -0.25) is 4.79 Å². The summed E-state index contributed by atoms with van der Waals surface area (Å²) in [5, 5.41) is 0. The van der Waals surface area contributed by atoms with Crippen LogP contribution in [0.3, 0.4) is 0 Å². The normalized spacial score (nSPS) is 12.2. The van der Waals surface area contributed by atoms with Crippen LogP contribution in [0.5, 0.6) is 0 Å². The van der Waals surface area contributed by atoms with Gasteiger partial charge in [-0.2, -0.15) is 0 Å². The molecule has 0 aliphatic carbocycles. The van der Waals surface area contributed by atoms with Gasteiger partial charge in [0, 0.05) is 19.5 Å². The molecule has 88 valence electrons. The van der Waals surface area contributed by atoms with Gasteiger partial charge in [0.1, 0.15) is 12.0 Å². The number of hydrogen-bond donors (Lipinski definition) is 1. The van der Waals surface area contributed by atoms with E-state index in [1.807, 2.05) is 6.92 Å². The molecule has 0 aliphatic heterocycles. The van der Waals surface area contributed by atoms with Crippen molar-refractivity contribution in [2.75, 3.05) is 7.05 Å². The third kappa shape index (κ3) is 3.06. The molecule has 4 nitrogen and oxygen atoms in total. The molecule has 1 amide bonds. The molecule has 2 N–H and O–H groups in total. The Morgan fingerprint density at radius 3 is 2.75 bits per heavy atom. The van der Waals surface area contributed by atoms with Crippen molar-refractivity contribution in [1.29, 1.82) is 0 Å². The maximum Gasteiger partial charge on any atom is 0.257 e. The van der Waals surface area contributed by atoms with E-state index < -0.39 is 0 Å². The van der Waals surface area contributed by atoms with Gasteiger partial charge < -0.3 is 15.1 Å². The lowest BCUT2D eigenvalue weighted by molar-refractivity contribution is 0.0747. The van der Waals surface area contributed by atoms with E-state index in [4.69, 9.17) is 22.4 Å². The Balaban J connectivity index is 2.70. The fraction of sp³-hybridized carbons (Fsp3) is 0.455. The van der Waals surface area contributed by atoms with E-state index in [1.54, 1.807) is 24.9 Å². The summed E-state index contributed by atoms with van der Waals surface area (Å²) in [4.78, 5) is 14.0. The topological polar surface area (TPSA) is 59.5 Å². The average molecular weight is 240 g/mol. The third-order valence-electron chi connectivity index (χ3n) is 2.46. The number of hydrogen-bond acceptors (Lipinski definition) is 3. The first-order valence-corrected chi connectivity index (χ1v) is 5.43. The Labute approximate surface area is 100 Å². The quantitative estimate of drug-likeness (QED) is 0.814. The summed E-state index contributed by atoms with van der Waals surface area (Å²) < 4.78 is 5.10. The third-order valence-corrected chi connectivity index (χ3v) is 2.62. The Morgan fingerprint density at radius 1 is 1.69 bits per heavy atom. The van der Waals surface area contributed by atoms with Crippen LogP contribution in [0.4, 0.5) is 0 Å². The van der Waals surface area contributed by atoms with Crippen LogP contribution in [0.25, 0.3) is 0 Å². The van der Waals surface area contributed by atoms with Crippen molar-refractivity contribution in [3.63, 3.8) is 0 Å². The first kappa shape index (κ1) is 12.7. The number of furan rings is 1. The highest BCUT2D eigenvalue weighted by Gasteiger charge is 2.19. The van der Waals surface area contributed by atoms with Crippen LogP contribution in [0.1, 0.15) is 29.5 Å². The van der Waals surface area contributed by atoms with Gasteiger partial charge in [-0.25, -0.2) is 0 Å². The summed E-state index contributed by atoms with van der Waals surface area (Å²) in [6.07, 6.45) is 1.98. The van der Waals surface area contributed by atoms with Crippen LogP contribution in [0.15, 0.2) is 16.7 Å². The summed E-state index contributed by atoms with van der Waals surface area (Å²) in [6.45, 7) is 3.71. The van der Waals surface area contributed by atoms with Crippen molar-refractivity contribution < 1.29 is 9.21 Å². The fourth-order valence-corrected chi connectivity index (χ4v) is 1.63. The summed E-state index contributed by atoms with van der Waals surface area (Å²) in [5.41, 5.74) is 6.00. The molecular formula is C11H16N2O2S. The maximum absolute atomic E-state index is 12.0. The molecule has 16 heavy (non-hydrogen) atoms. The molecule has 0 saturated carbocycles. The zero-order valence-corrected chi connectivity index (χ0v) is 10.5. The van der Waals surface area contributed by atoms with E-state index in [2.05, 4.69) is 0 Å². The lowest BCUT2D eigenvalue weighted by Gasteiger charge is -2.23. The Hall–Kier alpha value is -1.36. The summed E-state index contributed by atoms with van der Waals surface area (Å²) in [5.74, 6) is 0.638. The van der Waals surface area contributed by atoms with E-state index >= 15 is 0 Å². The molecule has 0 radical (unpaired) electrons. The average Bonchev–Trinajstić information content (AvgIpc) is 2.61. The van der Waals surface area contributed by atoms with Crippen molar-refractivity contribution in [3.05, 3.63) is 23.7 Å². The van der Waals surface area contributed by atoms with Crippen LogP contribution in [0, 0.1) is 6.92 Å². The summed E-state index contributed by atoms with van der Waals surface area (Å²) in [6, 6.07) is 1.70. The number of rotatable bonds is 4. The van der Waals surface area contributed by atoms with E-state index in [0.29, 0.717) is 17.0 Å². The van der Waals surface area contributed by atoms with Gasteiger partial charge in [-0.1, -0.05) is 12.2 Å². The Bertz CT molecular complexity index is 400. The number of aryl methyl sites for hydroxylation is 1. The minimum atomic E-state index is -0.0828. The van der Waals surface area contributed by atoms with Crippen molar-refractivity contribution in [2.24, 2.45) is 5.73 Å². The molecule has 1 atom stereocenters. The van der Waals surface area contributed by atoms with Crippen molar-refractivity contribution in [3.8, 4) is 0 Å². The predicted molar refractivity (Wildman–Crippen MR) is 66.4 cm³/mol. The molecule has 1 aromatic rings. The van der Waals surface area contributed by atoms with Gasteiger partial charge in [0.2, 0.25) is 0 Å². The number of thiocarbonyl (C=S) groups is 1. The van der Waals surface area contributed by atoms with Gasteiger partial charge in [0.15, 0.2) is 0 Å². The monoisotopic (exact) mass is 240 g/mol. The highest BCUT2D eigenvalue weighted by atomic mass is 32.1. The van der Waals surface area contributed by atoms with Crippen LogP contribution in [-0.4, -0.2) is 28.9 Å². The SMILES string of the molecule is Cc1cc(C(=O)N(C)C(C)CC(N)=S)co1. The molecule has 0 fully saturated rings. The van der Waals surface area contributed by atoms with Crippen molar-refractivity contribution in [2.45, 2.75) is 26.3 Å². The molecule has 1 heterocycles. The minimum Gasteiger partial charge on any atom is -0.469 e. The standard InChI is InChI=1S/C11H16N2O2S/c1-7(4-10(12)16)13(3)11(14)9-5-8(2)15-6-9/h5-7H,4H2,1-3H3,(H2,12,16). The Kier molecular flexibility index (Phi) is 4.06. The minimum absolute atomic E-state index is 0.0137. The van der Waals surface area contributed by atoms with E-state index in [-0.39, 0.29) is 11.9 Å². The zero-order chi connectivity index (χ0) is 12.3. The van der Waals surface area contributed by atoms with Crippen LogP contribution in [-0.2, 0) is 0 Å². The molecule has 1 unspecified atom stereocenters. The summed E-state index contributed by atoms with van der Waals surface area (Å²) >= 11 is 4.82. The van der Waals surface area contributed by atoms with E-state index in [9.17, 15) is 4.79 Å². The number of amides is 1. The predicted octanol–water partition coefficient (Wildman–Crippen LogP) is 1.72. The molecule has 0 aromatic carbocycles. The van der Waals surface area contributed by atoms with Crippen molar-refractivity contribution in [1.82, 2.24) is 4.90 Å². The molecule has 5 heteroatoms. The van der Waals surface area contributed by atoms with Crippen LogP contribution in [0.2, 0.25) is 0 Å². The largest absolute Gasteiger partial charge is 0.469 e. The number of carbonyl (C=O) groups excluding carboxylic acids is 1. The van der Waals surface area contributed by atoms with E-state index in [0.717, 1.165) is 5.76 Å². The maximum atomic E-state index is 12.0. The first-order chi connectivity index (χ1) is 7.41. The van der Waals surface area contributed by atoms with E-state index in [1.165, 1.54) is 6.26 Å². The molecule has 1 aromatic heterocycles. The molecule has 0 spiro atoms. The van der Waals surface area contributed by atoms with Gasteiger partial charge in [0.05, 0.1) is 10.6 Å². The molecular weight excluding hydrogens is 224 g/mol. The zero-order valence-electron chi connectivity index (χ0n) is 9.69. The summed E-state index contributed by atoms with van der Waals surface area (Å²) in [7, 11) is 1.73. The van der Waals surface area contributed by atoms with Gasteiger partial charge in [0.25, 0.3) is 5.91 Å². The fourth-order valence-electron chi connectivity index (χ4n) is 1.39. The van der Waals surface area contributed by atoms with Crippen LogP contribution >= 0.6 is 12.2 Å². The van der Waals surface area contributed by atoms with Gasteiger partial charge >= 0.3 is 0 Å². The first-order valence-electron chi connectivity index (χ1n) is 5.02. The Morgan fingerprint density at radius 2 is 2.31 bits per heavy atom. The smallest absolute Gasteiger partial charge is 0.257 e. The molecule has 0 aliphatic rings. The molecule has 1 rings (SSSR count). The van der Waals surface area contributed by atoms with Gasteiger partial charge in [-0.05, 0) is 19.9 Å². The molecule has 0 bridgehead atoms. The highest BCUT2D eigenvalue weighted by Crippen LogP contribution is 2.12. The highest BCUT2D eigenvalue weighted by molar-refractivity contribution is 7.80. The van der Waals surface area contributed by atoms with Crippen molar-refractivity contribution >= 4 is 23.1 Å². The number of carbonyl (C=O) groups is 1. The second-order valence-corrected chi connectivity index (χ2v) is 4.41. The van der Waals surface area contributed by atoms with Crippen LogP contribution < -0.4 is 5.73 Å². The molecule has 0 saturated heterocycles.